The van der Waals surface area contributed by atoms with Crippen molar-refractivity contribution in [2.75, 3.05) is 4.90 Å². The zero-order valence-corrected chi connectivity index (χ0v) is 31.1. The van der Waals surface area contributed by atoms with E-state index in [1.165, 1.54) is 16.3 Å². The topological polar surface area (TPSA) is 55.6 Å². The Kier molecular flexibility index (Phi) is 7.16. The lowest BCUT2D eigenvalue weighted by Gasteiger charge is -2.26. The fraction of sp³-hybridized carbons (Fsp3) is 0. The number of rotatable bonds is 6. The van der Waals surface area contributed by atoms with Gasteiger partial charge in [0.05, 0.1) is 0 Å². The van der Waals surface area contributed by atoms with Crippen LogP contribution in [0.15, 0.2) is 207 Å². The second kappa shape index (κ2) is 12.8. The van der Waals surface area contributed by atoms with E-state index in [4.69, 9.17) is 18.2 Å². The van der Waals surface area contributed by atoms with Crippen molar-refractivity contribution in [3.8, 4) is 33.7 Å². The smallest absolute Gasteiger partial charge is 0.227 e. The Bertz CT molecular complexity index is 3530. The van der Waals surface area contributed by atoms with E-state index in [-0.39, 0.29) is 0 Å². The van der Waals surface area contributed by atoms with Gasteiger partial charge >= 0.3 is 0 Å². The molecular weight excluding hydrogens is 713 g/mol. The number of hydrogen-bond acceptors (Lipinski definition) is 5. The predicted octanol–water partition coefficient (Wildman–Crippen LogP) is 15.3. The lowest BCUT2D eigenvalue weighted by atomic mass is 10.00. The molecule has 0 atom stereocenters. The third-order valence-corrected chi connectivity index (χ3v) is 11.3. The SMILES string of the molecule is c1cc(-c2ccc3ccccc3c2)cc(N(c2ccc(-c3cccc4oc(-c5ccc6c(c5)oc5ccccc56)nc34)cc2)c2ccc3oc4ccccc4c3c2)c1. The van der Waals surface area contributed by atoms with Gasteiger partial charge in [-0.1, -0.05) is 109 Å². The highest BCUT2D eigenvalue weighted by Crippen LogP contribution is 2.42. The van der Waals surface area contributed by atoms with E-state index in [1.54, 1.807) is 0 Å². The van der Waals surface area contributed by atoms with Crippen molar-refractivity contribution in [2.24, 2.45) is 0 Å². The van der Waals surface area contributed by atoms with Crippen LogP contribution in [0.4, 0.5) is 17.1 Å². The van der Waals surface area contributed by atoms with Gasteiger partial charge in [0.2, 0.25) is 5.89 Å². The molecule has 5 nitrogen and oxygen atoms in total. The average Bonchev–Trinajstić information content (AvgIpc) is 4.00. The van der Waals surface area contributed by atoms with Gasteiger partial charge in [-0.2, -0.15) is 0 Å². The quantitative estimate of drug-likeness (QED) is 0.170. The number of anilines is 3. The second-order valence-electron chi connectivity index (χ2n) is 14.8. The number of nitrogens with zero attached hydrogens (tertiary/aromatic N) is 2. The average molecular weight is 745 g/mol. The van der Waals surface area contributed by atoms with Crippen LogP contribution >= 0.6 is 0 Å². The summed E-state index contributed by atoms with van der Waals surface area (Å²) < 4.78 is 18.8. The first-order valence-corrected chi connectivity index (χ1v) is 19.4. The molecule has 9 aromatic carbocycles. The summed E-state index contributed by atoms with van der Waals surface area (Å²) in [5.74, 6) is 0.557. The third-order valence-electron chi connectivity index (χ3n) is 11.3. The number of oxazole rings is 1. The van der Waals surface area contributed by atoms with Crippen molar-refractivity contribution in [1.29, 1.82) is 0 Å². The molecule has 0 saturated carbocycles. The maximum absolute atomic E-state index is 6.38. The van der Waals surface area contributed by atoms with Crippen LogP contribution in [0.3, 0.4) is 0 Å². The fourth-order valence-corrected chi connectivity index (χ4v) is 8.45. The van der Waals surface area contributed by atoms with E-state index in [0.29, 0.717) is 5.89 Å². The minimum Gasteiger partial charge on any atom is -0.456 e. The highest BCUT2D eigenvalue weighted by atomic mass is 16.4. The standard InChI is InChI=1S/C53H32N2O3/c1-2-10-35-29-37(20-19-33(35)9-1)36-11-7-12-40(30-36)55(41-26-28-49-46(32-41)44-14-4-6-17-48(44)56-49)39-24-21-34(22-25-39)42-15-8-18-50-52(42)54-53(58-50)38-23-27-45-43-13-3-5-16-47(43)57-51(45)31-38/h1-32H. The molecule has 0 aliphatic carbocycles. The van der Waals surface area contributed by atoms with E-state index < -0.39 is 0 Å². The highest BCUT2D eigenvalue weighted by Gasteiger charge is 2.19. The van der Waals surface area contributed by atoms with Crippen molar-refractivity contribution in [3.63, 3.8) is 0 Å². The molecule has 12 rings (SSSR count). The van der Waals surface area contributed by atoms with Gasteiger partial charge < -0.3 is 18.2 Å². The first-order chi connectivity index (χ1) is 28.7. The maximum atomic E-state index is 6.38. The molecule has 12 aromatic rings. The van der Waals surface area contributed by atoms with Crippen molar-refractivity contribution in [3.05, 3.63) is 194 Å². The Morgan fingerprint density at radius 1 is 0.328 bits per heavy atom. The molecule has 0 amide bonds. The van der Waals surface area contributed by atoms with Crippen LogP contribution in [-0.4, -0.2) is 4.98 Å². The summed E-state index contributed by atoms with van der Waals surface area (Å²) in [5, 5.41) is 6.79. The Hall–Kier alpha value is -7.89. The molecule has 272 valence electrons. The van der Waals surface area contributed by atoms with E-state index in [2.05, 4.69) is 150 Å². The monoisotopic (exact) mass is 744 g/mol. The van der Waals surface area contributed by atoms with E-state index in [0.717, 1.165) is 94.3 Å². The lowest BCUT2D eigenvalue weighted by Crippen LogP contribution is -2.10. The molecule has 0 saturated heterocycles. The van der Waals surface area contributed by atoms with E-state index in [9.17, 15) is 0 Å². The van der Waals surface area contributed by atoms with Crippen LogP contribution in [0.1, 0.15) is 0 Å². The van der Waals surface area contributed by atoms with E-state index >= 15 is 0 Å². The number of aromatic nitrogens is 1. The first kappa shape index (κ1) is 32.4. The van der Waals surface area contributed by atoms with E-state index in [1.807, 2.05) is 48.5 Å². The third kappa shape index (κ3) is 5.29. The molecule has 3 aromatic heterocycles. The number of benzene rings is 9. The second-order valence-corrected chi connectivity index (χ2v) is 14.8. The highest BCUT2D eigenvalue weighted by molar-refractivity contribution is 6.07. The maximum Gasteiger partial charge on any atom is 0.227 e. The molecule has 0 N–H and O–H groups in total. The normalized spacial score (nSPS) is 11.8. The molecule has 0 spiro atoms. The minimum atomic E-state index is 0.557. The predicted molar refractivity (Wildman–Crippen MR) is 237 cm³/mol. The Morgan fingerprint density at radius 3 is 1.81 bits per heavy atom. The Balaban J connectivity index is 0.952. The van der Waals surface area contributed by atoms with Gasteiger partial charge in [-0.05, 0) is 112 Å². The summed E-state index contributed by atoms with van der Waals surface area (Å²) in [4.78, 5) is 7.37. The lowest BCUT2D eigenvalue weighted by molar-refractivity contribution is 0.619. The fourth-order valence-electron chi connectivity index (χ4n) is 8.45. The largest absolute Gasteiger partial charge is 0.456 e. The molecule has 0 bridgehead atoms. The van der Waals surface area contributed by atoms with Crippen LogP contribution in [0.25, 0.3) is 99.5 Å². The van der Waals surface area contributed by atoms with Crippen molar-refractivity contribution >= 4 is 82.8 Å². The van der Waals surface area contributed by atoms with Crippen molar-refractivity contribution in [2.45, 2.75) is 0 Å². The molecular formula is C53H32N2O3. The minimum absolute atomic E-state index is 0.557. The first-order valence-electron chi connectivity index (χ1n) is 19.4. The zero-order valence-electron chi connectivity index (χ0n) is 31.1. The number of furan rings is 2. The van der Waals surface area contributed by atoms with Gasteiger partial charge in [0, 0.05) is 49.7 Å². The van der Waals surface area contributed by atoms with Gasteiger partial charge in [0.1, 0.15) is 27.8 Å². The summed E-state index contributed by atoms with van der Waals surface area (Å²) in [6, 6.07) is 67.7. The summed E-state index contributed by atoms with van der Waals surface area (Å²) in [6.45, 7) is 0. The number of fused-ring (bicyclic) bond motifs is 8. The van der Waals surface area contributed by atoms with Crippen molar-refractivity contribution < 1.29 is 13.3 Å². The van der Waals surface area contributed by atoms with Crippen LogP contribution in [0, 0.1) is 0 Å². The van der Waals surface area contributed by atoms with Gasteiger partial charge in [0.15, 0.2) is 5.58 Å². The molecule has 0 aliphatic heterocycles. The van der Waals surface area contributed by atoms with Crippen LogP contribution in [-0.2, 0) is 0 Å². The number of para-hydroxylation sites is 3. The van der Waals surface area contributed by atoms with Gasteiger partial charge in [-0.15, -0.1) is 0 Å². The molecule has 0 fully saturated rings. The van der Waals surface area contributed by atoms with Gasteiger partial charge in [-0.3, -0.25) is 0 Å². The molecule has 0 unspecified atom stereocenters. The zero-order chi connectivity index (χ0) is 38.2. The summed E-state index contributed by atoms with van der Waals surface area (Å²) in [7, 11) is 0. The summed E-state index contributed by atoms with van der Waals surface area (Å²) >= 11 is 0. The molecule has 0 aliphatic rings. The van der Waals surface area contributed by atoms with Gasteiger partial charge in [0.25, 0.3) is 0 Å². The Morgan fingerprint density at radius 2 is 0.948 bits per heavy atom. The summed E-state index contributed by atoms with van der Waals surface area (Å²) in [6.07, 6.45) is 0. The van der Waals surface area contributed by atoms with Crippen LogP contribution in [0.5, 0.6) is 0 Å². The number of hydrogen-bond donors (Lipinski definition) is 0. The Labute approximate surface area is 332 Å². The molecule has 3 heterocycles. The molecule has 0 radical (unpaired) electrons. The molecule has 58 heavy (non-hydrogen) atoms. The van der Waals surface area contributed by atoms with Crippen molar-refractivity contribution in [1.82, 2.24) is 4.98 Å². The summed E-state index contributed by atoms with van der Waals surface area (Å²) in [5.41, 5.74) is 13.3. The van der Waals surface area contributed by atoms with Crippen LogP contribution < -0.4 is 4.90 Å². The molecule has 5 heteroatoms. The van der Waals surface area contributed by atoms with Gasteiger partial charge in [-0.25, -0.2) is 4.98 Å². The van der Waals surface area contributed by atoms with Crippen LogP contribution in [0.2, 0.25) is 0 Å².